The van der Waals surface area contributed by atoms with Crippen LogP contribution in [0.25, 0.3) is 0 Å². The molecule has 0 bridgehead atoms. The first-order valence-corrected chi connectivity index (χ1v) is 21.8. The number of fused-ring (bicyclic) bond motifs is 2. The second-order valence-electron chi connectivity index (χ2n) is 15.6. The molecule has 330 valence electrons. The molecular formula is C43H47N9O9S2. The first-order valence-electron chi connectivity index (χ1n) is 20.1. The molecular weight excluding hydrogens is 851 g/mol. The molecule has 2 unspecified atom stereocenters. The van der Waals surface area contributed by atoms with E-state index in [1.54, 1.807) is 19.2 Å². The number of thiophene rings is 2. The van der Waals surface area contributed by atoms with Crippen LogP contribution in [-0.4, -0.2) is 90.6 Å². The fourth-order valence-electron chi connectivity index (χ4n) is 7.80. The molecule has 8 rings (SSSR count). The molecule has 4 aliphatic heterocycles. The highest BCUT2D eigenvalue weighted by atomic mass is 32.1. The largest absolute Gasteiger partial charge is 0.496 e. The van der Waals surface area contributed by atoms with Gasteiger partial charge in [0.2, 0.25) is 23.6 Å². The second kappa shape index (κ2) is 18.7. The summed E-state index contributed by atoms with van der Waals surface area (Å²) in [7, 11) is 5.51. The van der Waals surface area contributed by atoms with Gasteiger partial charge in [0.25, 0.3) is 11.8 Å². The monoisotopic (exact) mass is 897 g/mol. The van der Waals surface area contributed by atoms with Crippen LogP contribution in [0.1, 0.15) is 77.0 Å². The average molecular weight is 898 g/mol. The van der Waals surface area contributed by atoms with E-state index in [9.17, 15) is 38.4 Å². The number of urea groups is 2. The van der Waals surface area contributed by atoms with Gasteiger partial charge in [-0.3, -0.25) is 39.4 Å². The smallest absolute Gasteiger partial charge is 0.319 e. The van der Waals surface area contributed by atoms with Gasteiger partial charge in [-0.25, -0.2) is 9.59 Å². The van der Waals surface area contributed by atoms with Gasteiger partial charge in [-0.1, -0.05) is 6.07 Å². The zero-order valence-corrected chi connectivity index (χ0v) is 36.9. The number of piperidine rings is 2. The van der Waals surface area contributed by atoms with E-state index in [1.165, 1.54) is 32.5 Å². The van der Waals surface area contributed by atoms with Gasteiger partial charge < -0.3 is 40.7 Å². The molecule has 10 amide bonds. The summed E-state index contributed by atoms with van der Waals surface area (Å²) in [4.78, 5) is 105. The van der Waals surface area contributed by atoms with Crippen LogP contribution < -0.4 is 41.5 Å². The number of carbonyl (C=O) groups is 8. The average Bonchev–Trinajstić information content (AvgIpc) is 3.98. The lowest BCUT2D eigenvalue weighted by atomic mass is 10.0. The summed E-state index contributed by atoms with van der Waals surface area (Å²) in [6.07, 6.45) is 1.14. The number of nitrogens with one attached hydrogen (secondary N) is 6. The number of benzene rings is 2. The molecule has 2 saturated heterocycles. The van der Waals surface area contributed by atoms with Crippen LogP contribution in [0, 0.1) is 13.8 Å². The summed E-state index contributed by atoms with van der Waals surface area (Å²) >= 11 is 2.62. The summed E-state index contributed by atoms with van der Waals surface area (Å²) in [5.41, 5.74) is 6.11. The highest BCUT2D eigenvalue weighted by molar-refractivity contribution is 7.14. The van der Waals surface area contributed by atoms with E-state index >= 15 is 0 Å². The van der Waals surface area contributed by atoms with Crippen LogP contribution >= 0.6 is 22.7 Å². The lowest BCUT2D eigenvalue weighted by Crippen LogP contribution is -2.52. The Balaban J connectivity index is 0.000000189. The number of methoxy groups -OCH3 is 1. The number of ether oxygens (including phenoxy) is 1. The topological polar surface area (TPSA) is 228 Å². The molecule has 4 aromatic rings. The molecule has 0 aliphatic carbocycles. The number of aryl methyl sites for hydroxylation is 2. The molecule has 63 heavy (non-hydrogen) atoms. The van der Waals surface area contributed by atoms with Crippen molar-refractivity contribution in [2.24, 2.45) is 0 Å². The Morgan fingerprint density at radius 2 is 1.17 bits per heavy atom. The molecule has 20 heteroatoms. The number of anilines is 3. The summed E-state index contributed by atoms with van der Waals surface area (Å²) in [5.74, 6) is -1.18. The maximum atomic E-state index is 12.8. The number of hydrogen-bond acceptors (Lipinski definition) is 12. The van der Waals surface area contributed by atoms with Crippen molar-refractivity contribution < 1.29 is 43.1 Å². The van der Waals surface area contributed by atoms with E-state index in [2.05, 4.69) is 31.9 Å². The van der Waals surface area contributed by atoms with Crippen molar-refractivity contribution in [3.8, 4) is 5.75 Å². The van der Waals surface area contributed by atoms with Crippen molar-refractivity contribution >= 4 is 87.2 Å². The van der Waals surface area contributed by atoms with Crippen molar-refractivity contribution in [3.05, 3.63) is 90.3 Å². The van der Waals surface area contributed by atoms with Crippen LogP contribution in [0.3, 0.4) is 0 Å². The third kappa shape index (κ3) is 9.97. The molecule has 0 spiro atoms. The van der Waals surface area contributed by atoms with Crippen molar-refractivity contribution in [2.45, 2.75) is 77.8 Å². The first kappa shape index (κ1) is 44.3. The SMILES string of the molecule is COc1cc(NC(=O)NCc2cc3c(s2)C(=O)N(C2CCC(=O)NC2=O)C3)ccc1C.Cc1cc(NC(=O)NCc2cc3c(s2)C(=O)N(C2CCC(=O)NC2=O)C3)ccc1N(C)C. The Hall–Kier alpha value is -6.80. The lowest BCUT2D eigenvalue weighted by molar-refractivity contribution is -0.138. The normalized spacial score (nSPS) is 17.9. The van der Waals surface area contributed by atoms with Crippen LogP contribution in [0.5, 0.6) is 5.75 Å². The highest BCUT2D eigenvalue weighted by Gasteiger charge is 2.41. The van der Waals surface area contributed by atoms with E-state index in [1.807, 2.05) is 69.2 Å². The highest BCUT2D eigenvalue weighted by Crippen LogP contribution is 2.35. The third-order valence-corrected chi connectivity index (χ3v) is 13.3. The fraction of sp³-hybridized carbons (Fsp3) is 0.349. The van der Waals surface area contributed by atoms with Gasteiger partial charge in [-0.2, -0.15) is 0 Å². The minimum absolute atomic E-state index is 0.202. The maximum absolute atomic E-state index is 12.8. The van der Waals surface area contributed by atoms with Gasteiger partial charge in [0, 0.05) is 72.9 Å². The van der Waals surface area contributed by atoms with Crippen LogP contribution in [0.4, 0.5) is 26.7 Å². The van der Waals surface area contributed by atoms with Crippen molar-refractivity contribution in [1.82, 2.24) is 31.1 Å². The Morgan fingerprint density at radius 3 is 1.60 bits per heavy atom. The zero-order valence-electron chi connectivity index (χ0n) is 35.3. The molecule has 2 aromatic carbocycles. The number of amides is 10. The zero-order chi connectivity index (χ0) is 45.1. The summed E-state index contributed by atoms with van der Waals surface area (Å²) in [6, 6.07) is 12.9. The van der Waals surface area contributed by atoms with Crippen molar-refractivity contribution in [1.29, 1.82) is 0 Å². The first-order chi connectivity index (χ1) is 30.1. The lowest BCUT2D eigenvalue weighted by Gasteiger charge is -2.29. The second-order valence-corrected chi connectivity index (χ2v) is 17.9. The van der Waals surface area contributed by atoms with Gasteiger partial charge in [0.05, 0.1) is 30.0 Å². The van der Waals surface area contributed by atoms with E-state index in [0.29, 0.717) is 59.4 Å². The number of hydrogen-bond donors (Lipinski definition) is 6. The minimum Gasteiger partial charge on any atom is -0.496 e. The number of nitrogens with zero attached hydrogens (tertiary/aromatic N) is 3. The Kier molecular flexibility index (Phi) is 13.1. The summed E-state index contributed by atoms with van der Waals surface area (Å²) < 4.78 is 5.26. The molecule has 18 nitrogen and oxygen atoms in total. The number of rotatable bonds is 10. The van der Waals surface area contributed by atoms with Crippen molar-refractivity contribution in [3.63, 3.8) is 0 Å². The van der Waals surface area contributed by atoms with Crippen LogP contribution in [-0.2, 0) is 45.4 Å². The van der Waals surface area contributed by atoms with Gasteiger partial charge in [-0.15, -0.1) is 22.7 Å². The maximum Gasteiger partial charge on any atom is 0.319 e. The minimum atomic E-state index is -0.622. The molecule has 2 aromatic heterocycles. The van der Waals surface area contributed by atoms with Gasteiger partial charge in [-0.05, 0) is 85.3 Å². The van der Waals surface area contributed by atoms with Crippen LogP contribution in [0.2, 0.25) is 0 Å². The molecule has 4 aliphatic rings. The van der Waals surface area contributed by atoms with Crippen molar-refractivity contribution in [2.75, 3.05) is 36.7 Å². The fourth-order valence-corrected chi connectivity index (χ4v) is 9.93. The number of imide groups is 2. The number of carbonyl (C=O) groups excluding carboxylic acids is 8. The van der Waals surface area contributed by atoms with E-state index in [-0.39, 0.29) is 55.1 Å². The molecule has 6 N–H and O–H groups in total. The van der Waals surface area contributed by atoms with Gasteiger partial charge >= 0.3 is 12.1 Å². The molecule has 0 radical (unpaired) electrons. The predicted octanol–water partition coefficient (Wildman–Crippen LogP) is 4.35. The molecule has 2 atom stereocenters. The Bertz CT molecular complexity index is 2530. The summed E-state index contributed by atoms with van der Waals surface area (Å²) in [5, 5.41) is 15.8. The molecule has 0 saturated carbocycles. The van der Waals surface area contributed by atoms with E-state index in [0.717, 1.165) is 37.7 Å². The Labute approximate surface area is 370 Å². The Morgan fingerprint density at radius 1 is 0.698 bits per heavy atom. The predicted molar refractivity (Wildman–Crippen MR) is 236 cm³/mol. The quantitative estimate of drug-likeness (QED) is 0.123. The molecule has 6 heterocycles. The standard InChI is InChI=1S/C22H25N5O4S.C21H22N4O5S/c1-12-8-14(4-5-16(12)26(2)3)24-22(31)23-10-15-9-13-11-27(21(30)19(13)32-15)17-6-7-18(28)25-20(17)29;1-11-3-4-13(8-16(11)30-2)23-21(29)22-9-14-7-12-10-25(20(28)18(12)31-14)15-5-6-17(26)24-19(15)27/h4-5,8-9,17H,6-7,10-11H2,1-3H3,(H2,23,24,31)(H,25,28,29);3-4,7-8,15H,5-6,9-10H2,1-2H3,(H2,22,23,29)(H,24,26,27). The van der Waals surface area contributed by atoms with E-state index in [4.69, 9.17) is 4.74 Å². The van der Waals surface area contributed by atoms with E-state index < -0.39 is 23.9 Å². The van der Waals surface area contributed by atoms with Crippen LogP contribution in [0.15, 0.2) is 48.5 Å². The van der Waals surface area contributed by atoms with Gasteiger partial charge in [0.1, 0.15) is 17.8 Å². The summed E-state index contributed by atoms with van der Waals surface area (Å²) in [6.45, 7) is 5.14. The third-order valence-electron chi connectivity index (χ3n) is 10.9. The molecule has 2 fully saturated rings. The van der Waals surface area contributed by atoms with Gasteiger partial charge in [0.15, 0.2) is 0 Å².